The fourth-order valence-electron chi connectivity index (χ4n) is 2.24. The maximum Gasteiger partial charge on any atom is 0.252 e. The van der Waals surface area contributed by atoms with E-state index in [2.05, 4.69) is 4.90 Å². The minimum atomic E-state index is -0.468. The molecule has 0 bridgehead atoms. The zero-order chi connectivity index (χ0) is 13.7. The fourth-order valence-corrected chi connectivity index (χ4v) is 2.36. The smallest absolute Gasteiger partial charge is 0.252 e. The first-order valence-electron chi connectivity index (χ1n) is 6.44. The summed E-state index contributed by atoms with van der Waals surface area (Å²) in [5.41, 5.74) is 0.463. The van der Waals surface area contributed by atoms with Crippen molar-refractivity contribution >= 4 is 16.8 Å². The molecule has 2 rings (SSSR count). The van der Waals surface area contributed by atoms with Gasteiger partial charge in [0.2, 0.25) is 0 Å². The van der Waals surface area contributed by atoms with Crippen LogP contribution in [0.2, 0.25) is 0 Å². The molecule has 0 saturated carbocycles. The molecule has 104 valence electrons. The van der Waals surface area contributed by atoms with Crippen LogP contribution in [0.4, 0.5) is 4.39 Å². The minimum absolute atomic E-state index is 0.136. The number of ether oxygens (including phenoxy) is 1. The number of hydrogen-bond donors (Lipinski definition) is 0. The summed E-state index contributed by atoms with van der Waals surface area (Å²) in [6, 6.07) is 6.81. The summed E-state index contributed by atoms with van der Waals surface area (Å²) < 4.78 is 17.9. The third-order valence-corrected chi connectivity index (χ3v) is 3.44. The number of carbonyl (C=O) groups is 1. The van der Waals surface area contributed by atoms with Crippen LogP contribution in [0.3, 0.4) is 0 Å². The lowest BCUT2D eigenvalue weighted by Gasteiger charge is -2.16. The van der Waals surface area contributed by atoms with Crippen LogP contribution in [0.15, 0.2) is 24.3 Å². The summed E-state index contributed by atoms with van der Waals surface area (Å²) in [6.07, 6.45) is 1.67. The van der Waals surface area contributed by atoms with E-state index in [9.17, 15) is 9.18 Å². The van der Waals surface area contributed by atoms with E-state index >= 15 is 0 Å². The molecular formula is C14H17ClFNO2. The van der Waals surface area contributed by atoms with Gasteiger partial charge in [0.1, 0.15) is 11.9 Å². The van der Waals surface area contributed by atoms with Gasteiger partial charge in [-0.3, -0.25) is 14.1 Å². The number of hydrogen-bond acceptors (Lipinski definition) is 3. The number of likely N-dealkylation sites (tertiary alicyclic amines) is 1. The predicted molar refractivity (Wildman–Crippen MR) is 72.7 cm³/mol. The molecule has 1 heterocycles. The van der Waals surface area contributed by atoms with Crippen molar-refractivity contribution in [1.29, 1.82) is 0 Å². The van der Waals surface area contributed by atoms with Crippen LogP contribution in [-0.2, 0) is 0 Å². The van der Waals surface area contributed by atoms with Crippen LogP contribution in [0.1, 0.15) is 23.2 Å². The van der Waals surface area contributed by atoms with Crippen molar-refractivity contribution in [1.82, 2.24) is 4.90 Å². The first-order valence-corrected chi connectivity index (χ1v) is 6.81. The summed E-state index contributed by atoms with van der Waals surface area (Å²) in [7, 11) is 0. The van der Waals surface area contributed by atoms with Crippen molar-refractivity contribution in [3.05, 3.63) is 29.8 Å². The average molecular weight is 286 g/mol. The highest BCUT2D eigenvalue weighted by Gasteiger charge is 2.23. The van der Waals surface area contributed by atoms with E-state index in [0.717, 1.165) is 31.8 Å². The van der Waals surface area contributed by atoms with Crippen LogP contribution in [0, 0.1) is 0 Å². The van der Waals surface area contributed by atoms with Gasteiger partial charge in [-0.05, 0) is 48.7 Å². The fraction of sp³-hybridized carbons (Fsp3) is 0.500. The first-order chi connectivity index (χ1) is 9.19. The highest BCUT2D eigenvalue weighted by molar-refractivity contribution is 6.67. The molecule has 1 fully saturated rings. The molecule has 1 saturated heterocycles. The second-order valence-electron chi connectivity index (χ2n) is 4.67. The SMILES string of the molecule is O=C(Cl)c1ccc(O[C@H]2CCN(CCCF)C2)cc1. The second-order valence-corrected chi connectivity index (χ2v) is 5.01. The molecule has 0 N–H and O–H groups in total. The molecule has 1 atom stereocenters. The number of nitrogens with zero attached hydrogens (tertiary/aromatic N) is 1. The lowest BCUT2D eigenvalue weighted by atomic mass is 10.2. The molecule has 3 nitrogen and oxygen atoms in total. The average Bonchev–Trinajstić information content (AvgIpc) is 2.84. The van der Waals surface area contributed by atoms with Gasteiger partial charge in [0.05, 0.1) is 6.67 Å². The molecule has 1 aromatic rings. The van der Waals surface area contributed by atoms with Gasteiger partial charge in [0.25, 0.3) is 5.24 Å². The Morgan fingerprint density at radius 1 is 1.42 bits per heavy atom. The van der Waals surface area contributed by atoms with Gasteiger partial charge in [-0.25, -0.2) is 0 Å². The van der Waals surface area contributed by atoms with Crippen molar-refractivity contribution in [2.24, 2.45) is 0 Å². The van der Waals surface area contributed by atoms with Crippen LogP contribution < -0.4 is 4.74 Å². The Labute approximate surface area is 117 Å². The van der Waals surface area contributed by atoms with E-state index in [0.29, 0.717) is 12.0 Å². The maximum atomic E-state index is 12.1. The highest BCUT2D eigenvalue weighted by atomic mass is 35.5. The molecule has 0 spiro atoms. The van der Waals surface area contributed by atoms with Crippen LogP contribution in [0.5, 0.6) is 5.75 Å². The zero-order valence-corrected chi connectivity index (χ0v) is 11.4. The standard InChI is InChI=1S/C14H17ClFNO2/c15-14(18)11-2-4-12(5-3-11)19-13-6-9-17(10-13)8-1-7-16/h2-5,13H,1,6-10H2/t13-/m0/s1. The molecule has 0 unspecified atom stereocenters. The Bertz CT molecular complexity index is 424. The Morgan fingerprint density at radius 3 is 2.79 bits per heavy atom. The molecule has 1 aromatic carbocycles. The number of halogens is 2. The normalized spacial score (nSPS) is 19.6. The van der Waals surface area contributed by atoms with Gasteiger partial charge < -0.3 is 4.74 Å². The summed E-state index contributed by atoms with van der Waals surface area (Å²) in [5.74, 6) is 0.735. The van der Waals surface area contributed by atoms with Crippen molar-refractivity contribution < 1.29 is 13.9 Å². The van der Waals surface area contributed by atoms with Gasteiger partial charge in [-0.1, -0.05) is 0 Å². The number of rotatable bonds is 6. The van der Waals surface area contributed by atoms with E-state index in [-0.39, 0.29) is 12.8 Å². The van der Waals surface area contributed by atoms with Crippen LogP contribution >= 0.6 is 11.6 Å². The van der Waals surface area contributed by atoms with Gasteiger partial charge >= 0.3 is 0 Å². The topological polar surface area (TPSA) is 29.5 Å². The predicted octanol–water partition coefficient (Wildman–Crippen LogP) is 2.88. The zero-order valence-electron chi connectivity index (χ0n) is 10.6. The third-order valence-electron chi connectivity index (χ3n) is 3.22. The molecule has 0 aromatic heterocycles. The largest absolute Gasteiger partial charge is 0.489 e. The molecule has 0 aliphatic carbocycles. The molecule has 0 radical (unpaired) electrons. The number of alkyl halides is 1. The molecule has 5 heteroatoms. The van der Waals surface area contributed by atoms with Crippen molar-refractivity contribution in [3.8, 4) is 5.75 Å². The van der Waals surface area contributed by atoms with Gasteiger partial charge in [-0.2, -0.15) is 0 Å². The van der Waals surface area contributed by atoms with Crippen LogP contribution in [0.25, 0.3) is 0 Å². The van der Waals surface area contributed by atoms with Crippen molar-refractivity contribution in [3.63, 3.8) is 0 Å². The Kier molecular flexibility index (Phi) is 5.16. The van der Waals surface area contributed by atoms with Crippen LogP contribution in [-0.4, -0.2) is 42.6 Å². The molecule has 0 amide bonds. The summed E-state index contributed by atoms with van der Waals surface area (Å²) in [6.45, 7) is 2.30. The van der Waals surface area contributed by atoms with Gasteiger partial charge in [0.15, 0.2) is 0 Å². The van der Waals surface area contributed by atoms with Crippen molar-refractivity contribution in [2.45, 2.75) is 18.9 Å². The van der Waals surface area contributed by atoms with Crippen molar-refractivity contribution in [2.75, 3.05) is 26.3 Å². The lowest BCUT2D eigenvalue weighted by molar-refractivity contribution is 0.108. The lowest BCUT2D eigenvalue weighted by Crippen LogP contribution is -2.26. The number of carbonyl (C=O) groups excluding carboxylic acids is 1. The second kappa shape index (κ2) is 6.87. The summed E-state index contributed by atoms with van der Waals surface area (Å²) in [5, 5.41) is -0.468. The Balaban J connectivity index is 1.83. The van der Waals surface area contributed by atoms with Gasteiger partial charge in [0, 0.05) is 25.2 Å². The molecule has 1 aliphatic rings. The van der Waals surface area contributed by atoms with Gasteiger partial charge in [-0.15, -0.1) is 0 Å². The van der Waals surface area contributed by atoms with E-state index in [1.54, 1.807) is 24.3 Å². The monoisotopic (exact) mass is 285 g/mol. The Hall–Kier alpha value is -1.13. The Morgan fingerprint density at radius 2 is 2.16 bits per heavy atom. The molecule has 1 aliphatic heterocycles. The van der Waals surface area contributed by atoms with E-state index in [4.69, 9.17) is 16.3 Å². The first kappa shape index (κ1) is 14.3. The quantitative estimate of drug-likeness (QED) is 0.753. The maximum absolute atomic E-state index is 12.1. The third kappa shape index (κ3) is 4.18. The van der Waals surface area contributed by atoms with E-state index in [1.807, 2.05) is 0 Å². The summed E-state index contributed by atoms with van der Waals surface area (Å²) in [4.78, 5) is 13.1. The molecular weight excluding hydrogens is 269 g/mol. The summed E-state index contributed by atoms with van der Waals surface area (Å²) >= 11 is 5.38. The van der Waals surface area contributed by atoms with E-state index in [1.165, 1.54) is 0 Å². The number of benzene rings is 1. The molecule has 19 heavy (non-hydrogen) atoms. The van der Waals surface area contributed by atoms with E-state index < -0.39 is 5.24 Å². The minimum Gasteiger partial charge on any atom is -0.489 e. The highest BCUT2D eigenvalue weighted by Crippen LogP contribution is 2.19.